The van der Waals surface area contributed by atoms with Crippen molar-refractivity contribution >= 4 is 11.9 Å². The molecular weight excluding hydrogens is 186 g/mol. The second kappa shape index (κ2) is 3.09. The molecule has 14 heavy (non-hydrogen) atoms. The first-order chi connectivity index (χ1) is 6.65. The van der Waals surface area contributed by atoms with Crippen LogP contribution >= 0.6 is 0 Å². The fourth-order valence-electron chi connectivity index (χ4n) is 1.27. The van der Waals surface area contributed by atoms with E-state index in [9.17, 15) is 9.59 Å². The highest BCUT2D eigenvalue weighted by molar-refractivity contribution is 6.01. The molecule has 0 atom stereocenters. The van der Waals surface area contributed by atoms with E-state index < -0.39 is 0 Å². The Hall–Kier alpha value is -1.92. The van der Waals surface area contributed by atoms with Crippen molar-refractivity contribution < 1.29 is 9.59 Å². The van der Waals surface area contributed by atoms with Gasteiger partial charge in [-0.05, 0) is 0 Å². The Bertz CT molecular complexity index is 385. The van der Waals surface area contributed by atoms with Gasteiger partial charge in [0, 0.05) is 7.05 Å². The predicted octanol–water partition coefficient (Wildman–Crippen LogP) is -1.13. The van der Waals surface area contributed by atoms with Crippen LogP contribution < -0.4 is 5.32 Å². The second-order valence-corrected chi connectivity index (χ2v) is 3.03. The minimum Gasteiger partial charge on any atom is -0.309 e. The highest BCUT2D eigenvalue weighted by atomic mass is 16.2. The fraction of sp³-hybridized carbons (Fsp3) is 0.429. The number of imide groups is 1. The lowest BCUT2D eigenvalue weighted by Crippen LogP contribution is -2.27. The first-order valence-corrected chi connectivity index (χ1v) is 4.09. The first kappa shape index (κ1) is 8.67. The molecule has 0 aliphatic carbocycles. The molecule has 1 aromatic rings. The molecule has 1 N–H and O–H groups in total. The number of nitrogens with one attached hydrogen (secondary N) is 1. The van der Waals surface area contributed by atoms with Crippen LogP contribution in [0.1, 0.15) is 5.69 Å². The van der Waals surface area contributed by atoms with Crippen LogP contribution in [0.4, 0.5) is 4.79 Å². The van der Waals surface area contributed by atoms with Crippen LogP contribution in [0.5, 0.6) is 0 Å². The normalized spacial score (nSPS) is 16.2. The Morgan fingerprint density at radius 2 is 2.36 bits per heavy atom. The van der Waals surface area contributed by atoms with Crippen LogP contribution in [0.15, 0.2) is 6.20 Å². The van der Waals surface area contributed by atoms with Crippen LogP contribution in [0.2, 0.25) is 0 Å². The third-order valence-electron chi connectivity index (χ3n) is 1.87. The molecule has 0 saturated carbocycles. The molecule has 0 radical (unpaired) electrons. The Morgan fingerprint density at radius 3 is 2.86 bits per heavy atom. The third kappa shape index (κ3) is 1.56. The number of nitrogens with zero attached hydrogens (tertiary/aromatic N) is 4. The monoisotopic (exact) mass is 195 g/mol. The van der Waals surface area contributed by atoms with Gasteiger partial charge in [0.2, 0.25) is 5.91 Å². The van der Waals surface area contributed by atoms with E-state index in [2.05, 4.69) is 15.5 Å². The van der Waals surface area contributed by atoms with E-state index in [1.54, 1.807) is 13.2 Å². The molecule has 0 aromatic carbocycles. The second-order valence-electron chi connectivity index (χ2n) is 3.03. The van der Waals surface area contributed by atoms with Crippen molar-refractivity contribution in [3.05, 3.63) is 11.9 Å². The standard InChI is InChI=1S/C7H9N5O2/c1-11-8-2-5(10-11)3-12-4-6(13)9-7(12)14/h2H,3-4H2,1H3,(H,9,13,14). The average Bonchev–Trinajstić information content (AvgIpc) is 2.61. The summed E-state index contributed by atoms with van der Waals surface area (Å²) >= 11 is 0. The van der Waals surface area contributed by atoms with Gasteiger partial charge in [0.1, 0.15) is 12.2 Å². The summed E-state index contributed by atoms with van der Waals surface area (Å²) in [4.78, 5) is 24.8. The number of hydrogen-bond acceptors (Lipinski definition) is 4. The van der Waals surface area contributed by atoms with E-state index in [0.29, 0.717) is 12.2 Å². The molecule has 2 rings (SSSR count). The number of aromatic nitrogens is 3. The van der Waals surface area contributed by atoms with Gasteiger partial charge >= 0.3 is 6.03 Å². The van der Waals surface area contributed by atoms with E-state index >= 15 is 0 Å². The fourth-order valence-corrected chi connectivity index (χ4v) is 1.27. The van der Waals surface area contributed by atoms with Crippen molar-refractivity contribution in [2.45, 2.75) is 6.54 Å². The summed E-state index contributed by atoms with van der Waals surface area (Å²) in [5, 5.41) is 10.1. The van der Waals surface area contributed by atoms with Crippen molar-refractivity contribution in [2.75, 3.05) is 6.54 Å². The largest absolute Gasteiger partial charge is 0.324 e. The van der Waals surface area contributed by atoms with E-state index in [1.165, 1.54) is 9.70 Å². The van der Waals surface area contributed by atoms with Gasteiger partial charge in [0.25, 0.3) is 0 Å². The maximum atomic E-state index is 11.1. The number of amides is 3. The third-order valence-corrected chi connectivity index (χ3v) is 1.87. The lowest BCUT2D eigenvalue weighted by atomic mass is 10.4. The Morgan fingerprint density at radius 1 is 1.57 bits per heavy atom. The molecule has 7 nitrogen and oxygen atoms in total. The zero-order valence-corrected chi connectivity index (χ0v) is 7.60. The quantitative estimate of drug-likeness (QED) is 0.605. The molecule has 0 spiro atoms. The molecule has 1 aromatic heterocycles. The summed E-state index contributed by atoms with van der Waals surface area (Å²) in [6, 6.07) is -0.374. The summed E-state index contributed by atoms with van der Waals surface area (Å²) in [6.45, 7) is 0.404. The molecule has 2 heterocycles. The van der Waals surface area contributed by atoms with Gasteiger partial charge in [-0.3, -0.25) is 10.1 Å². The zero-order chi connectivity index (χ0) is 10.1. The number of urea groups is 1. The van der Waals surface area contributed by atoms with Crippen molar-refractivity contribution in [2.24, 2.45) is 7.05 Å². The Kier molecular flexibility index (Phi) is 1.91. The van der Waals surface area contributed by atoms with E-state index in [-0.39, 0.29) is 18.5 Å². The molecule has 3 amide bonds. The minimum absolute atomic E-state index is 0.0927. The predicted molar refractivity (Wildman–Crippen MR) is 45.0 cm³/mol. The van der Waals surface area contributed by atoms with Gasteiger partial charge < -0.3 is 4.90 Å². The number of carbonyl (C=O) groups excluding carboxylic acids is 2. The zero-order valence-electron chi connectivity index (χ0n) is 7.60. The van der Waals surface area contributed by atoms with Gasteiger partial charge in [-0.1, -0.05) is 0 Å². The SMILES string of the molecule is Cn1ncc(CN2CC(=O)NC2=O)n1. The Balaban J connectivity index is 2.05. The molecule has 74 valence electrons. The topological polar surface area (TPSA) is 80.1 Å². The smallest absolute Gasteiger partial charge is 0.309 e. The molecule has 0 unspecified atom stereocenters. The van der Waals surface area contributed by atoms with Gasteiger partial charge in [0.15, 0.2) is 0 Å². The maximum Gasteiger partial charge on any atom is 0.324 e. The number of carbonyl (C=O) groups is 2. The maximum absolute atomic E-state index is 11.1. The van der Waals surface area contributed by atoms with Crippen molar-refractivity contribution in [1.82, 2.24) is 25.2 Å². The van der Waals surface area contributed by atoms with Crippen molar-refractivity contribution in [3.63, 3.8) is 0 Å². The highest BCUT2D eigenvalue weighted by Crippen LogP contribution is 2.04. The molecule has 1 aliphatic rings. The van der Waals surface area contributed by atoms with Gasteiger partial charge in [-0.2, -0.15) is 15.0 Å². The minimum atomic E-state index is -0.374. The summed E-state index contributed by atoms with van der Waals surface area (Å²) < 4.78 is 0. The molecule has 1 saturated heterocycles. The number of aryl methyl sites for hydroxylation is 1. The molecule has 7 heteroatoms. The van der Waals surface area contributed by atoms with E-state index in [1.807, 2.05) is 0 Å². The van der Waals surface area contributed by atoms with Crippen molar-refractivity contribution in [1.29, 1.82) is 0 Å². The van der Waals surface area contributed by atoms with E-state index in [0.717, 1.165) is 0 Å². The number of rotatable bonds is 2. The first-order valence-electron chi connectivity index (χ1n) is 4.09. The molecule has 1 fully saturated rings. The average molecular weight is 195 g/mol. The summed E-state index contributed by atoms with van der Waals surface area (Å²) in [7, 11) is 1.69. The van der Waals surface area contributed by atoms with Crippen LogP contribution in [-0.4, -0.2) is 38.4 Å². The van der Waals surface area contributed by atoms with Gasteiger partial charge in [0.05, 0.1) is 12.7 Å². The molecule has 0 bridgehead atoms. The lowest BCUT2D eigenvalue weighted by molar-refractivity contribution is -0.118. The lowest BCUT2D eigenvalue weighted by Gasteiger charge is -2.09. The van der Waals surface area contributed by atoms with Crippen LogP contribution in [-0.2, 0) is 18.4 Å². The van der Waals surface area contributed by atoms with Gasteiger partial charge in [-0.25, -0.2) is 4.79 Å². The Labute approximate surface area is 79.7 Å². The van der Waals surface area contributed by atoms with Crippen LogP contribution in [0, 0.1) is 0 Å². The van der Waals surface area contributed by atoms with Crippen molar-refractivity contribution in [3.8, 4) is 0 Å². The highest BCUT2D eigenvalue weighted by Gasteiger charge is 2.26. The summed E-state index contributed by atoms with van der Waals surface area (Å²) in [6.07, 6.45) is 1.57. The summed E-state index contributed by atoms with van der Waals surface area (Å²) in [5.41, 5.74) is 0.664. The van der Waals surface area contributed by atoms with Crippen LogP contribution in [0.25, 0.3) is 0 Å². The molecular formula is C7H9N5O2. The van der Waals surface area contributed by atoms with Gasteiger partial charge in [-0.15, -0.1) is 0 Å². The summed E-state index contributed by atoms with van der Waals surface area (Å²) in [5.74, 6) is -0.279. The van der Waals surface area contributed by atoms with Crippen LogP contribution in [0.3, 0.4) is 0 Å². The van der Waals surface area contributed by atoms with E-state index in [4.69, 9.17) is 0 Å². The molecule has 1 aliphatic heterocycles. The number of hydrogen-bond donors (Lipinski definition) is 1.